The van der Waals surface area contributed by atoms with Crippen molar-refractivity contribution in [3.63, 3.8) is 0 Å². The summed E-state index contributed by atoms with van der Waals surface area (Å²) in [5.74, 6) is 0.905. The van der Waals surface area contributed by atoms with Crippen molar-refractivity contribution in [3.05, 3.63) is 82.6 Å². The third-order valence-corrected chi connectivity index (χ3v) is 9.07. The molecule has 0 radical (unpaired) electrons. The smallest absolute Gasteiger partial charge is 0.254 e. The van der Waals surface area contributed by atoms with E-state index in [4.69, 9.17) is 0 Å². The predicted molar refractivity (Wildman–Crippen MR) is 143 cm³/mol. The van der Waals surface area contributed by atoms with Crippen molar-refractivity contribution >= 4 is 49.3 Å². The molecular weight excluding hydrogens is 548 g/mol. The molecule has 0 unspecified atom stereocenters. The van der Waals surface area contributed by atoms with Crippen LogP contribution in [0.4, 0.5) is 5.69 Å². The van der Waals surface area contributed by atoms with Gasteiger partial charge in [-0.15, -0.1) is 11.8 Å². The van der Waals surface area contributed by atoms with E-state index in [0.29, 0.717) is 30.9 Å². The lowest BCUT2D eigenvalue weighted by atomic mass is 10.2. The maximum atomic E-state index is 13.5. The Morgan fingerprint density at radius 3 is 2.37 bits per heavy atom. The van der Waals surface area contributed by atoms with Gasteiger partial charge in [0.1, 0.15) is 4.90 Å². The molecule has 1 fully saturated rings. The largest absolute Gasteiger partial charge is 0.380 e. The molecule has 0 saturated carbocycles. The SMILES string of the molecule is CCSc1ccc(CNc2cc(Br)ccc2S(=O)(=O)N2CCN(C(=O)c3ccncc3)CC2)cc1. The first-order chi connectivity index (χ1) is 16.9. The summed E-state index contributed by atoms with van der Waals surface area (Å²) in [4.78, 5) is 19.8. The van der Waals surface area contributed by atoms with Crippen LogP contribution in [0.3, 0.4) is 0 Å². The number of sulfonamides is 1. The summed E-state index contributed by atoms with van der Waals surface area (Å²) in [6, 6.07) is 16.7. The molecule has 1 aliphatic rings. The van der Waals surface area contributed by atoms with E-state index in [9.17, 15) is 13.2 Å². The number of hydrogen-bond donors (Lipinski definition) is 1. The second-order valence-corrected chi connectivity index (χ2v) is 12.2. The molecule has 0 atom stereocenters. The Bertz CT molecular complexity index is 1260. The number of halogens is 1. The van der Waals surface area contributed by atoms with Crippen LogP contribution in [-0.4, -0.2) is 60.4 Å². The summed E-state index contributed by atoms with van der Waals surface area (Å²) in [5, 5.41) is 3.30. The average Bonchev–Trinajstić information content (AvgIpc) is 2.88. The van der Waals surface area contributed by atoms with E-state index in [2.05, 4.69) is 57.4 Å². The Morgan fingerprint density at radius 1 is 1.03 bits per heavy atom. The van der Waals surface area contributed by atoms with Gasteiger partial charge in [0.2, 0.25) is 10.0 Å². The Labute approximate surface area is 219 Å². The van der Waals surface area contributed by atoms with Gasteiger partial charge in [-0.25, -0.2) is 8.42 Å². The van der Waals surface area contributed by atoms with Crippen LogP contribution >= 0.6 is 27.7 Å². The van der Waals surface area contributed by atoms with Crippen molar-refractivity contribution in [3.8, 4) is 0 Å². The molecule has 1 saturated heterocycles. The van der Waals surface area contributed by atoms with E-state index in [-0.39, 0.29) is 23.9 Å². The summed E-state index contributed by atoms with van der Waals surface area (Å²) in [6.07, 6.45) is 3.16. The summed E-state index contributed by atoms with van der Waals surface area (Å²) in [6.45, 7) is 3.78. The summed E-state index contributed by atoms with van der Waals surface area (Å²) in [5.41, 5.74) is 2.16. The molecule has 2 aromatic carbocycles. The molecule has 1 aliphatic heterocycles. The van der Waals surface area contributed by atoms with Crippen molar-refractivity contribution in [1.82, 2.24) is 14.2 Å². The summed E-state index contributed by atoms with van der Waals surface area (Å²) in [7, 11) is -3.74. The Morgan fingerprint density at radius 2 is 1.71 bits per heavy atom. The van der Waals surface area contributed by atoms with Crippen LogP contribution in [0.5, 0.6) is 0 Å². The number of nitrogens with zero attached hydrogens (tertiary/aromatic N) is 3. The molecule has 1 amide bonds. The lowest BCUT2D eigenvalue weighted by Crippen LogP contribution is -2.50. The molecule has 7 nitrogen and oxygen atoms in total. The van der Waals surface area contributed by atoms with Gasteiger partial charge in [-0.05, 0) is 53.8 Å². The predicted octanol–water partition coefficient (Wildman–Crippen LogP) is 4.71. The molecule has 184 valence electrons. The van der Waals surface area contributed by atoms with E-state index in [0.717, 1.165) is 15.8 Å². The van der Waals surface area contributed by atoms with Crippen LogP contribution < -0.4 is 5.32 Å². The summed E-state index contributed by atoms with van der Waals surface area (Å²) < 4.78 is 29.3. The zero-order chi connectivity index (χ0) is 24.8. The molecule has 2 heterocycles. The van der Waals surface area contributed by atoms with Crippen molar-refractivity contribution in [2.75, 3.05) is 37.2 Å². The van der Waals surface area contributed by atoms with E-state index in [1.165, 1.54) is 9.20 Å². The molecule has 0 spiro atoms. The van der Waals surface area contributed by atoms with Crippen LogP contribution in [-0.2, 0) is 16.6 Å². The molecule has 35 heavy (non-hydrogen) atoms. The van der Waals surface area contributed by atoms with Gasteiger partial charge in [-0.2, -0.15) is 4.31 Å². The topological polar surface area (TPSA) is 82.6 Å². The second kappa shape index (κ2) is 11.6. The minimum atomic E-state index is -3.74. The number of hydrogen-bond acceptors (Lipinski definition) is 6. The highest BCUT2D eigenvalue weighted by molar-refractivity contribution is 9.10. The zero-order valence-electron chi connectivity index (χ0n) is 19.4. The van der Waals surface area contributed by atoms with Crippen LogP contribution in [0.15, 0.2) is 81.3 Å². The van der Waals surface area contributed by atoms with Gasteiger partial charge in [-0.3, -0.25) is 9.78 Å². The number of benzene rings is 2. The Hall–Kier alpha value is -2.40. The number of anilines is 1. The third-order valence-electron chi connectivity index (χ3n) is 5.73. The molecule has 0 bridgehead atoms. The monoisotopic (exact) mass is 574 g/mol. The average molecular weight is 576 g/mol. The molecular formula is C25H27BrN4O3S2. The van der Waals surface area contributed by atoms with Gasteiger partial charge >= 0.3 is 0 Å². The van der Waals surface area contributed by atoms with Crippen molar-refractivity contribution < 1.29 is 13.2 Å². The lowest BCUT2D eigenvalue weighted by Gasteiger charge is -2.34. The highest BCUT2D eigenvalue weighted by atomic mass is 79.9. The fourth-order valence-corrected chi connectivity index (χ4v) is 6.47. The number of pyridine rings is 1. The minimum absolute atomic E-state index is 0.112. The standard InChI is InChI=1S/C25H27BrN4O3S2/c1-2-34-22-6-3-19(4-7-22)18-28-23-17-21(26)5-8-24(23)35(32,33)30-15-13-29(14-16-30)25(31)20-9-11-27-12-10-20/h3-12,17,28H,2,13-16,18H2,1H3. The number of aromatic nitrogens is 1. The maximum Gasteiger partial charge on any atom is 0.254 e. The first kappa shape index (κ1) is 25.7. The molecule has 0 aliphatic carbocycles. The van der Waals surface area contributed by atoms with Gasteiger partial charge < -0.3 is 10.2 Å². The van der Waals surface area contributed by atoms with Crippen molar-refractivity contribution in [2.24, 2.45) is 0 Å². The number of amides is 1. The van der Waals surface area contributed by atoms with Crippen LogP contribution in [0, 0.1) is 0 Å². The molecule has 3 aromatic rings. The van der Waals surface area contributed by atoms with Crippen LogP contribution in [0.1, 0.15) is 22.8 Å². The first-order valence-corrected chi connectivity index (χ1v) is 14.5. The number of thioether (sulfide) groups is 1. The third kappa shape index (κ3) is 6.24. The van der Waals surface area contributed by atoms with Crippen LogP contribution in [0.25, 0.3) is 0 Å². The highest BCUT2D eigenvalue weighted by Gasteiger charge is 2.32. The lowest BCUT2D eigenvalue weighted by molar-refractivity contribution is 0.0698. The number of carbonyl (C=O) groups excluding carboxylic acids is 1. The van der Waals surface area contributed by atoms with Crippen LogP contribution in [0.2, 0.25) is 0 Å². The molecule has 10 heteroatoms. The molecule has 1 aromatic heterocycles. The van der Waals surface area contributed by atoms with Crippen molar-refractivity contribution in [1.29, 1.82) is 0 Å². The number of carbonyl (C=O) groups is 1. The quantitative estimate of drug-likeness (QED) is 0.392. The Balaban J connectivity index is 1.45. The fourth-order valence-electron chi connectivity index (χ4n) is 3.88. The number of nitrogens with one attached hydrogen (secondary N) is 1. The minimum Gasteiger partial charge on any atom is -0.380 e. The van der Waals surface area contributed by atoms with E-state index in [1.54, 1.807) is 59.4 Å². The molecule has 4 rings (SSSR count). The first-order valence-electron chi connectivity index (χ1n) is 11.3. The summed E-state index contributed by atoms with van der Waals surface area (Å²) >= 11 is 5.24. The highest BCUT2D eigenvalue weighted by Crippen LogP contribution is 2.29. The van der Waals surface area contributed by atoms with E-state index < -0.39 is 10.0 Å². The Kier molecular flexibility index (Phi) is 8.48. The van der Waals surface area contributed by atoms with E-state index in [1.807, 2.05) is 0 Å². The number of piperazine rings is 1. The maximum absolute atomic E-state index is 13.5. The van der Waals surface area contributed by atoms with Gasteiger partial charge in [0.05, 0.1) is 5.69 Å². The zero-order valence-corrected chi connectivity index (χ0v) is 22.6. The van der Waals surface area contributed by atoms with E-state index >= 15 is 0 Å². The molecule has 1 N–H and O–H groups in total. The van der Waals surface area contributed by atoms with Gasteiger partial charge in [-0.1, -0.05) is 35.0 Å². The van der Waals surface area contributed by atoms with Gasteiger partial charge in [0.15, 0.2) is 0 Å². The second-order valence-electron chi connectivity index (χ2n) is 8.00. The number of rotatable bonds is 8. The van der Waals surface area contributed by atoms with Gasteiger partial charge in [0.25, 0.3) is 5.91 Å². The van der Waals surface area contributed by atoms with Crippen molar-refractivity contribution in [2.45, 2.75) is 23.3 Å². The fraction of sp³-hybridized carbons (Fsp3) is 0.280. The normalized spacial score (nSPS) is 14.6. The van der Waals surface area contributed by atoms with Gasteiger partial charge in [0, 0.05) is 60.0 Å².